The van der Waals surface area contributed by atoms with Gasteiger partial charge in [-0.2, -0.15) is 5.10 Å². The van der Waals surface area contributed by atoms with E-state index in [2.05, 4.69) is 36.4 Å². The quantitative estimate of drug-likeness (QED) is 0.177. The van der Waals surface area contributed by atoms with Gasteiger partial charge in [0.1, 0.15) is 17.2 Å². The van der Waals surface area contributed by atoms with Crippen LogP contribution in [0, 0.1) is 11.6 Å². The van der Waals surface area contributed by atoms with Crippen molar-refractivity contribution in [3.8, 4) is 0 Å². The topological polar surface area (TPSA) is 34.9 Å². The van der Waals surface area contributed by atoms with Crippen LogP contribution in [0.4, 0.5) is 8.78 Å². The summed E-state index contributed by atoms with van der Waals surface area (Å²) in [6.07, 6.45) is 1.72. The summed E-state index contributed by atoms with van der Waals surface area (Å²) >= 11 is 0. The number of benzene rings is 5. The molecule has 0 radical (unpaired) electrons. The van der Waals surface area contributed by atoms with Crippen LogP contribution >= 0.6 is 0 Å². The first kappa shape index (κ1) is 23.5. The van der Waals surface area contributed by atoms with E-state index in [4.69, 9.17) is 5.10 Å². The maximum atomic E-state index is 13.8. The Morgan fingerprint density at radius 1 is 0.605 bits per heavy atom. The maximum absolute atomic E-state index is 13.8. The third-order valence-electron chi connectivity index (χ3n) is 6.85. The van der Waals surface area contributed by atoms with E-state index in [-0.39, 0.29) is 5.56 Å². The Bertz CT molecular complexity index is 1630. The predicted molar refractivity (Wildman–Crippen MR) is 144 cm³/mol. The molecule has 1 heterocycles. The summed E-state index contributed by atoms with van der Waals surface area (Å²) in [6, 6.07) is 38.6. The minimum absolute atomic E-state index is 0.0403. The molecule has 5 aromatic carbocycles. The molecule has 0 amide bonds. The zero-order chi connectivity index (χ0) is 26.1. The number of nitrogens with zero attached hydrogens (tertiary/aromatic N) is 2. The average Bonchev–Trinajstić information content (AvgIpc) is 3.38. The van der Waals surface area contributed by atoms with Gasteiger partial charge in [0.15, 0.2) is 5.78 Å². The van der Waals surface area contributed by atoms with Crippen LogP contribution in [-0.4, -0.2) is 15.6 Å². The lowest BCUT2D eigenvalue weighted by Crippen LogP contribution is -2.38. The molecule has 0 saturated carbocycles. The van der Waals surface area contributed by atoms with Crippen LogP contribution in [0.1, 0.15) is 32.6 Å². The van der Waals surface area contributed by atoms with E-state index in [0.717, 1.165) is 45.8 Å². The summed E-state index contributed by atoms with van der Waals surface area (Å²) in [5.74, 6) is -2.04. The van der Waals surface area contributed by atoms with Crippen LogP contribution in [0.25, 0.3) is 10.9 Å². The summed E-state index contributed by atoms with van der Waals surface area (Å²) in [7, 11) is 0. The molecular weight excluding hydrogens is 478 g/mol. The van der Waals surface area contributed by atoms with E-state index in [9.17, 15) is 13.6 Å². The van der Waals surface area contributed by atoms with Crippen molar-refractivity contribution in [3.63, 3.8) is 0 Å². The molecule has 0 aliphatic carbocycles. The van der Waals surface area contributed by atoms with Gasteiger partial charge in [-0.1, -0.05) is 91.0 Å². The summed E-state index contributed by atoms with van der Waals surface area (Å²) in [5, 5.41) is 5.62. The van der Waals surface area contributed by atoms with Crippen molar-refractivity contribution in [2.75, 3.05) is 0 Å². The van der Waals surface area contributed by atoms with Gasteiger partial charge in [-0.3, -0.25) is 4.79 Å². The molecule has 0 spiro atoms. The summed E-state index contributed by atoms with van der Waals surface area (Å²) in [4.78, 5) is 13.1. The second-order valence-electron chi connectivity index (χ2n) is 9.13. The zero-order valence-corrected chi connectivity index (χ0v) is 20.3. The first-order valence-electron chi connectivity index (χ1n) is 12.2. The first-order chi connectivity index (χ1) is 18.6. The van der Waals surface area contributed by atoms with E-state index >= 15 is 0 Å². The molecule has 6 aromatic rings. The van der Waals surface area contributed by atoms with Gasteiger partial charge in [0, 0.05) is 22.6 Å². The van der Waals surface area contributed by atoms with E-state index in [1.807, 2.05) is 65.3 Å². The lowest BCUT2D eigenvalue weighted by Gasteiger charge is -2.37. The fourth-order valence-corrected chi connectivity index (χ4v) is 5.20. The summed E-state index contributed by atoms with van der Waals surface area (Å²) in [5.41, 5.74) is 3.37. The molecule has 184 valence electrons. The Balaban J connectivity index is 1.59. The number of carbonyl (C=O) groups is 1. The second kappa shape index (κ2) is 9.52. The molecule has 0 saturated heterocycles. The monoisotopic (exact) mass is 500 g/mol. The van der Waals surface area contributed by atoms with Crippen LogP contribution < -0.4 is 0 Å². The van der Waals surface area contributed by atoms with E-state index in [1.54, 1.807) is 18.3 Å². The molecular formula is C33H22F2N2O. The number of rotatable bonds is 6. The van der Waals surface area contributed by atoms with Crippen molar-refractivity contribution >= 4 is 16.7 Å². The highest BCUT2D eigenvalue weighted by molar-refractivity contribution is 6.10. The van der Waals surface area contributed by atoms with Crippen molar-refractivity contribution < 1.29 is 13.6 Å². The molecule has 0 fully saturated rings. The van der Waals surface area contributed by atoms with Crippen LogP contribution in [-0.2, 0) is 5.54 Å². The standard InChI is InChI=1S/C33H22F2N2O/c34-29-19-24(20-30(35)21-29)32(38)23-16-17-31-25(18-23)22-36-37(31)33(26-10-4-1-5-11-26,27-12-6-2-7-13-27)28-14-8-3-9-15-28/h1-22H. The van der Waals surface area contributed by atoms with Crippen LogP contribution in [0.15, 0.2) is 134 Å². The van der Waals surface area contributed by atoms with E-state index in [1.165, 1.54) is 0 Å². The lowest BCUT2D eigenvalue weighted by molar-refractivity contribution is 0.103. The minimum atomic E-state index is -0.803. The highest BCUT2D eigenvalue weighted by Crippen LogP contribution is 2.42. The van der Waals surface area contributed by atoms with Crippen molar-refractivity contribution in [3.05, 3.63) is 173 Å². The van der Waals surface area contributed by atoms with Crippen molar-refractivity contribution in [2.45, 2.75) is 5.54 Å². The van der Waals surface area contributed by atoms with Crippen LogP contribution in [0.2, 0.25) is 0 Å². The Morgan fingerprint density at radius 2 is 1.11 bits per heavy atom. The van der Waals surface area contributed by atoms with E-state index in [0.29, 0.717) is 5.56 Å². The van der Waals surface area contributed by atoms with Gasteiger partial charge < -0.3 is 0 Å². The number of ketones is 1. The fourth-order valence-electron chi connectivity index (χ4n) is 5.20. The van der Waals surface area contributed by atoms with E-state index < -0.39 is 23.0 Å². The minimum Gasteiger partial charge on any atom is -0.289 e. The molecule has 38 heavy (non-hydrogen) atoms. The predicted octanol–water partition coefficient (Wildman–Crippen LogP) is 7.39. The normalized spacial score (nSPS) is 11.5. The Morgan fingerprint density at radius 3 is 1.61 bits per heavy atom. The Labute approximate surface area is 218 Å². The molecule has 3 nitrogen and oxygen atoms in total. The first-order valence-corrected chi connectivity index (χ1v) is 12.2. The van der Waals surface area contributed by atoms with Crippen molar-refractivity contribution in [1.82, 2.24) is 9.78 Å². The molecule has 0 aliphatic rings. The average molecular weight is 501 g/mol. The lowest BCUT2D eigenvalue weighted by atomic mass is 9.77. The number of hydrogen-bond acceptors (Lipinski definition) is 2. The SMILES string of the molecule is O=C(c1cc(F)cc(F)c1)c1ccc2c(cnn2C(c2ccccc2)(c2ccccc2)c2ccccc2)c1. The van der Waals surface area contributed by atoms with Gasteiger partial charge in [0.2, 0.25) is 0 Å². The van der Waals surface area contributed by atoms with Gasteiger partial charge in [-0.25, -0.2) is 13.5 Å². The molecule has 0 unspecified atom stereocenters. The molecule has 0 atom stereocenters. The van der Waals surface area contributed by atoms with Crippen molar-refractivity contribution in [2.24, 2.45) is 0 Å². The molecule has 0 aliphatic heterocycles. The van der Waals surface area contributed by atoms with Crippen molar-refractivity contribution in [1.29, 1.82) is 0 Å². The van der Waals surface area contributed by atoms with Gasteiger partial charge in [-0.15, -0.1) is 0 Å². The van der Waals surface area contributed by atoms with Crippen LogP contribution in [0.5, 0.6) is 0 Å². The third-order valence-corrected chi connectivity index (χ3v) is 6.85. The van der Waals surface area contributed by atoms with Gasteiger partial charge in [0.05, 0.1) is 11.7 Å². The fraction of sp³-hybridized carbons (Fsp3) is 0.0303. The Hall–Kier alpha value is -4.90. The largest absolute Gasteiger partial charge is 0.289 e. The van der Waals surface area contributed by atoms with Gasteiger partial charge in [-0.05, 0) is 47.0 Å². The van der Waals surface area contributed by atoms with Crippen LogP contribution in [0.3, 0.4) is 0 Å². The number of hydrogen-bond donors (Lipinski definition) is 0. The third kappa shape index (κ3) is 3.89. The maximum Gasteiger partial charge on any atom is 0.193 e. The highest BCUT2D eigenvalue weighted by Gasteiger charge is 2.40. The Kier molecular flexibility index (Phi) is 5.89. The highest BCUT2D eigenvalue weighted by atomic mass is 19.1. The second-order valence-corrected chi connectivity index (χ2v) is 9.13. The van der Waals surface area contributed by atoms with Gasteiger partial charge >= 0.3 is 0 Å². The summed E-state index contributed by atoms with van der Waals surface area (Å²) in [6.45, 7) is 0. The molecule has 6 rings (SSSR count). The molecule has 1 aromatic heterocycles. The number of carbonyl (C=O) groups excluding carboxylic acids is 1. The smallest absolute Gasteiger partial charge is 0.193 e. The molecule has 0 N–H and O–H groups in total. The number of halogens is 2. The number of fused-ring (bicyclic) bond motifs is 1. The van der Waals surface area contributed by atoms with Gasteiger partial charge in [0.25, 0.3) is 0 Å². The number of aromatic nitrogens is 2. The molecule has 0 bridgehead atoms. The molecule has 5 heteroatoms. The zero-order valence-electron chi connectivity index (χ0n) is 20.3. The summed E-state index contributed by atoms with van der Waals surface area (Å²) < 4.78 is 29.5.